The van der Waals surface area contributed by atoms with Gasteiger partial charge < -0.3 is 18.9 Å². The quantitative estimate of drug-likeness (QED) is 0.437. The summed E-state index contributed by atoms with van der Waals surface area (Å²) in [6.07, 6.45) is 0.395. The molecule has 0 amide bonds. The van der Waals surface area contributed by atoms with Crippen molar-refractivity contribution in [2.45, 2.75) is 20.0 Å². The maximum Gasteiger partial charge on any atom is 0.305 e. The van der Waals surface area contributed by atoms with Gasteiger partial charge in [0, 0.05) is 6.42 Å². The molecule has 0 N–H and O–H groups in total. The van der Waals surface area contributed by atoms with E-state index in [2.05, 4.69) is 0 Å². The van der Waals surface area contributed by atoms with Crippen molar-refractivity contribution in [2.24, 2.45) is 0 Å². The zero-order chi connectivity index (χ0) is 15.2. The second-order valence-electron chi connectivity index (χ2n) is 4.34. The fourth-order valence-corrected chi connectivity index (χ4v) is 1.52. The van der Waals surface area contributed by atoms with Gasteiger partial charge in [0.2, 0.25) is 0 Å². The first kappa shape index (κ1) is 17.6. The molecule has 0 atom stereocenters. The van der Waals surface area contributed by atoms with Crippen LogP contribution in [0.15, 0.2) is 30.3 Å². The molecule has 0 radical (unpaired) electrons. The Morgan fingerprint density at radius 2 is 1.43 bits per heavy atom. The van der Waals surface area contributed by atoms with Crippen LogP contribution in [0, 0.1) is 0 Å². The summed E-state index contributed by atoms with van der Waals surface area (Å²) >= 11 is 0. The van der Waals surface area contributed by atoms with Gasteiger partial charge in [-0.2, -0.15) is 0 Å². The molecule has 0 saturated carbocycles. The Balaban J connectivity index is 1.80. The molecule has 1 aromatic carbocycles. The van der Waals surface area contributed by atoms with Crippen LogP contribution in [0.3, 0.4) is 0 Å². The summed E-state index contributed by atoms with van der Waals surface area (Å²) in [5, 5.41) is 0. The number of rotatable bonds is 12. The van der Waals surface area contributed by atoms with Crippen molar-refractivity contribution < 1.29 is 23.7 Å². The number of hydrogen-bond acceptors (Lipinski definition) is 5. The molecule has 0 saturated heterocycles. The monoisotopic (exact) mass is 296 g/mol. The van der Waals surface area contributed by atoms with E-state index in [-0.39, 0.29) is 5.97 Å². The van der Waals surface area contributed by atoms with Gasteiger partial charge in [-0.1, -0.05) is 37.3 Å². The molecule has 0 heterocycles. The van der Waals surface area contributed by atoms with Gasteiger partial charge in [0.15, 0.2) is 0 Å². The van der Waals surface area contributed by atoms with E-state index in [1.165, 1.54) is 0 Å². The number of benzene rings is 1. The number of ether oxygens (including phenoxy) is 4. The van der Waals surface area contributed by atoms with Crippen LogP contribution in [0.4, 0.5) is 0 Å². The molecule has 0 fully saturated rings. The molecule has 118 valence electrons. The number of carbonyl (C=O) groups is 1. The van der Waals surface area contributed by atoms with Crippen molar-refractivity contribution in [2.75, 3.05) is 39.6 Å². The maximum absolute atomic E-state index is 10.8. The van der Waals surface area contributed by atoms with Gasteiger partial charge in [0.05, 0.1) is 39.6 Å². The second kappa shape index (κ2) is 12.3. The molecule has 21 heavy (non-hydrogen) atoms. The van der Waals surface area contributed by atoms with E-state index >= 15 is 0 Å². The van der Waals surface area contributed by atoms with E-state index in [4.69, 9.17) is 18.9 Å². The summed E-state index contributed by atoms with van der Waals surface area (Å²) in [6.45, 7) is 5.16. The van der Waals surface area contributed by atoms with Crippen molar-refractivity contribution in [3.05, 3.63) is 35.9 Å². The minimum absolute atomic E-state index is 0.203. The zero-order valence-corrected chi connectivity index (χ0v) is 12.6. The lowest BCUT2D eigenvalue weighted by Gasteiger charge is -2.07. The highest BCUT2D eigenvalue weighted by Crippen LogP contribution is 1.99. The van der Waals surface area contributed by atoms with E-state index in [1.54, 1.807) is 6.92 Å². The highest BCUT2D eigenvalue weighted by Gasteiger charge is 1.97. The van der Waals surface area contributed by atoms with Crippen LogP contribution >= 0.6 is 0 Å². The van der Waals surface area contributed by atoms with Gasteiger partial charge in [0.1, 0.15) is 6.61 Å². The largest absolute Gasteiger partial charge is 0.463 e. The summed E-state index contributed by atoms with van der Waals surface area (Å²) in [6, 6.07) is 10.0. The molecule has 1 rings (SSSR count). The highest BCUT2D eigenvalue weighted by atomic mass is 16.6. The lowest BCUT2D eigenvalue weighted by molar-refractivity contribution is -0.144. The third-order valence-corrected chi connectivity index (χ3v) is 2.63. The molecule has 0 spiro atoms. The summed E-state index contributed by atoms with van der Waals surface area (Å²) < 4.78 is 21.0. The molecule has 0 aromatic heterocycles. The lowest BCUT2D eigenvalue weighted by Crippen LogP contribution is -2.13. The summed E-state index contributed by atoms with van der Waals surface area (Å²) in [5.74, 6) is -0.203. The van der Waals surface area contributed by atoms with Crippen LogP contribution in [0.5, 0.6) is 0 Å². The molecule has 0 bridgehead atoms. The summed E-state index contributed by atoms with van der Waals surface area (Å²) in [4.78, 5) is 10.8. The average Bonchev–Trinajstić information content (AvgIpc) is 2.53. The fraction of sp³-hybridized carbons (Fsp3) is 0.562. The predicted octanol–water partition coefficient (Wildman–Crippen LogP) is 2.19. The first-order valence-corrected chi connectivity index (χ1v) is 7.25. The Hall–Kier alpha value is -1.43. The number of hydrogen-bond donors (Lipinski definition) is 0. The first-order valence-electron chi connectivity index (χ1n) is 7.25. The van der Waals surface area contributed by atoms with Crippen LogP contribution in [0.25, 0.3) is 0 Å². The number of esters is 1. The number of carbonyl (C=O) groups excluding carboxylic acids is 1. The predicted molar refractivity (Wildman–Crippen MR) is 79.0 cm³/mol. The van der Waals surface area contributed by atoms with Crippen molar-refractivity contribution in [1.29, 1.82) is 0 Å². The maximum atomic E-state index is 10.8. The minimum Gasteiger partial charge on any atom is -0.463 e. The Labute approximate surface area is 126 Å². The standard InChI is InChI=1S/C16H24O5/c1-2-16(17)21-13-12-19-9-8-18-10-11-20-14-15-6-4-3-5-7-15/h3-7H,2,8-14H2,1H3. The van der Waals surface area contributed by atoms with Gasteiger partial charge in [-0.15, -0.1) is 0 Å². The zero-order valence-electron chi connectivity index (χ0n) is 12.6. The SMILES string of the molecule is CCC(=O)OCCOCCOCCOCc1ccccc1. The van der Waals surface area contributed by atoms with Gasteiger partial charge in [-0.05, 0) is 5.56 Å². The molecule has 5 nitrogen and oxygen atoms in total. The van der Waals surface area contributed by atoms with Crippen LogP contribution in [0.1, 0.15) is 18.9 Å². The topological polar surface area (TPSA) is 54.0 Å². The highest BCUT2D eigenvalue weighted by molar-refractivity contribution is 5.68. The molecule has 5 heteroatoms. The van der Waals surface area contributed by atoms with Crippen LogP contribution in [0.2, 0.25) is 0 Å². The molecule has 0 aliphatic heterocycles. The Bertz CT molecular complexity index is 366. The minimum atomic E-state index is -0.203. The second-order valence-corrected chi connectivity index (χ2v) is 4.34. The first-order chi connectivity index (χ1) is 10.3. The Kier molecular flexibility index (Phi) is 10.3. The van der Waals surface area contributed by atoms with Crippen molar-refractivity contribution in [1.82, 2.24) is 0 Å². The van der Waals surface area contributed by atoms with E-state index in [9.17, 15) is 4.79 Å². The van der Waals surface area contributed by atoms with Crippen molar-refractivity contribution >= 4 is 5.97 Å². The summed E-state index contributed by atoms with van der Waals surface area (Å²) in [7, 11) is 0. The van der Waals surface area contributed by atoms with Gasteiger partial charge >= 0.3 is 5.97 Å². The molecule has 0 unspecified atom stereocenters. The molecular weight excluding hydrogens is 272 g/mol. The van der Waals surface area contributed by atoms with Crippen LogP contribution < -0.4 is 0 Å². The van der Waals surface area contributed by atoms with Crippen molar-refractivity contribution in [3.8, 4) is 0 Å². The van der Waals surface area contributed by atoms with E-state index in [1.807, 2.05) is 30.3 Å². The van der Waals surface area contributed by atoms with Gasteiger partial charge in [-0.25, -0.2) is 0 Å². The fourth-order valence-electron chi connectivity index (χ4n) is 1.52. The average molecular weight is 296 g/mol. The third-order valence-electron chi connectivity index (χ3n) is 2.63. The third kappa shape index (κ3) is 10.0. The van der Waals surface area contributed by atoms with Crippen LogP contribution in [-0.4, -0.2) is 45.6 Å². The smallest absolute Gasteiger partial charge is 0.305 e. The van der Waals surface area contributed by atoms with Gasteiger partial charge in [0.25, 0.3) is 0 Å². The molecule has 0 aliphatic rings. The van der Waals surface area contributed by atoms with Gasteiger partial charge in [-0.3, -0.25) is 4.79 Å². The molecule has 1 aromatic rings. The van der Waals surface area contributed by atoms with Crippen molar-refractivity contribution in [3.63, 3.8) is 0 Å². The van der Waals surface area contributed by atoms with Crippen LogP contribution in [-0.2, 0) is 30.3 Å². The molecule has 0 aliphatic carbocycles. The normalized spacial score (nSPS) is 10.5. The van der Waals surface area contributed by atoms with E-state index < -0.39 is 0 Å². The lowest BCUT2D eigenvalue weighted by atomic mass is 10.2. The van der Waals surface area contributed by atoms with E-state index in [0.717, 1.165) is 5.56 Å². The Morgan fingerprint density at radius 1 is 0.857 bits per heavy atom. The van der Waals surface area contributed by atoms with E-state index in [0.29, 0.717) is 52.7 Å². The summed E-state index contributed by atoms with van der Waals surface area (Å²) in [5.41, 5.74) is 1.16. The molecular formula is C16H24O5. The Morgan fingerprint density at radius 3 is 2.05 bits per heavy atom.